The van der Waals surface area contributed by atoms with Crippen LogP contribution in [-0.4, -0.2) is 11.1 Å². The van der Waals surface area contributed by atoms with Crippen molar-refractivity contribution in [2.75, 3.05) is 5.73 Å². The van der Waals surface area contributed by atoms with Crippen molar-refractivity contribution in [3.63, 3.8) is 0 Å². The Kier molecular flexibility index (Phi) is 5.80. The average molecular weight is 319 g/mol. The van der Waals surface area contributed by atoms with E-state index in [0.29, 0.717) is 0 Å². The number of nitrogen functional groups attached to an aromatic ring is 1. The minimum absolute atomic E-state index is 0.0579. The minimum atomic E-state index is -1.06. The topological polar surface area (TPSA) is 99.5 Å². The molecule has 5 heteroatoms. The van der Waals surface area contributed by atoms with Crippen LogP contribution in [0.15, 0.2) is 84.0 Å². The van der Waals surface area contributed by atoms with E-state index in [-0.39, 0.29) is 11.3 Å². The highest BCUT2D eigenvalue weighted by molar-refractivity contribution is 5.93. The van der Waals surface area contributed by atoms with Crippen LogP contribution in [0, 0.1) is 5.53 Å². The average Bonchev–Trinajstić information content (AvgIpc) is 2.63. The molecule has 0 heterocycles. The molecule has 5 nitrogen and oxygen atoms in total. The summed E-state index contributed by atoms with van der Waals surface area (Å²) in [7, 11) is 0. The fourth-order valence-electron chi connectivity index (χ4n) is 2.06. The second-order valence-corrected chi connectivity index (χ2v) is 4.92. The van der Waals surface area contributed by atoms with Gasteiger partial charge in [0.25, 0.3) is 0 Å². The number of benzene rings is 3. The molecular weight excluding hydrogens is 302 g/mol. The van der Waals surface area contributed by atoms with Gasteiger partial charge in [-0.05, 0) is 35.4 Å². The van der Waals surface area contributed by atoms with Crippen LogP contribution in [-0.2, 0) is 0 Å². The van der Waals surface area contributed by atoms with Crippen molar-refractivity contribution in [1.82, 2.24) is 0 Å². The Labute approximate surface area is 139 Å². The first-order valence-corrected chi connectivity index (χ1v) is 7.22. The van der Waals surface area contributed by atoms with E-state index in [1.807, 2.05) is 42.5 Å². The van der Waals surface area contributed by atoms with Crippen molar-refractivity contribution in [2.24, 2.45) is 5.11 Å². The number of hydrogen-bond donors (Lipinski definition) is 3. The summed E-state index contributed by atoms with van der Waals surface area (Å²) in [6.45, 7) is 0. The lowest BCUT2D eigenvalue weighted by Gasteiger charge is -2.00. The number of anilines is 1. The molecule has 0 aliphatic rings. The standard InChI is InChI=1S/C12H11N.C7H6N2O2/c13-12-8-6-11(7-9-12)10-4-2-1-3-5-10;8-9-6-4-2-1-3-5(6)7(10)11/h1-9H,13H2;1-4,8H,(H,10,11). The van der Waals surface area contributed by atoms with E-state index in [2.05, 4.69) is 17.2 Å². The minimum Gasteiger partial charge on any atom is -0.478 e. The van der Waals surface area contributed by atoms with Gasteiger partial charge in [-0.15, -0.1) is 0 Å². The maximum atomic E-state index is 10.4. The maximum Gasteiger partial charge on any atom is 0.337 e. The summed E-state index contributed by atoms with van der Waals surface area (Å²) in [5, 5.41) is 11.6. The molecule has 3 rings (SSSR count). The summed E-state index contributed by atoms with van der Waals surface area (Å²) in [6.07, 6.45) is 0. The SMILES string of the molecule is N=Nc1ccccc1C(=O)O.Nc1ccc(-c2ccccc2)cc1. The van der Waals surface area contributed by atoms with Crippen molar-refractivity contribution in [1.29, 1.82) is 5.53 Å². The first-order valence-electron chi connectivity index (χ1n) is 7.22. The molecule has 4 N–H and O–H groups in total. The Morgan fingerprint density at radius 2 is 1.38 bits per heavy atom. The van der Waals surface area contributed by atoms with Crippen molar-refractivity contribution < 1.29 is 9.90 Å². The molecule has 0 atom stereocenters. The summed E-state index contributed by atoms with van der Waals surface area (Å²) in [5.74, 6) is -1.06. The molecule has 0 saturated heterocycles. The fourth-order valence-corrected chi connectivity index (χ4v) is 2.06. The third kappa shape index (κ3) is 4.51. The molecule has 24 heavy (non-hydrogen) atoms. The number of nitrogens with one attached hydrogen (secondary N) is 1. The number of carboxylic acids is 1. The van der Waals surface area contributed by atoms with E-state index in [1.165, 1.54) is 23.3 Å². The Morgan fingerprint density at radius 1 is 0.833 bits per heavy atom. The van der Waals surface area contributed by atoms with Crippen molar-refractivity contribution in [2.45, 2.75) is 0 Å². The van der Waals surface area contributed by atoms with Gasteiger partial charge in [0.15, 0.2) is 0 Å². The predicted molar refractivity (Wildman–Crippen MR) is 94.5 cm³/mol. The molecule has 0 aliphatic carbocycles. The van der Waals surface area contributed by atoms with Crippen molar-refractivity contribution in [3.05, 3.63) is 84.4 Å². The molecule has 0 radical (unpaired) electrons. The van der Waals surface area contributed by atoms with Crippen LogP contribution >= 0.6 is 0 Å². The highest BCUT2D eigenvalue weighted by atomic mass is 16.4. The molecule has 0 amide bonds. The lowest BCUT2D eigenvalue weighted by Crippen LogP contribution is -1.95. The van der Waals surface area contributed by atoms with Gasteiger partial charge in [0.1, 0.15) is 0 Å². The number of para-hydroxylation sites is 1. The molecule has 0 unspecified atom stereocenters. The number of nitrogens with zero attached hydrogens (tertiary/aromatic N) is 1. The Hall–Kier alpha value is -3.47. The Balaban J connectivity index is 0.000000177. The first kappa shape index (κ1) is 16.9. The van der Waals surface area contributed by atoms with E-state index in [4.69, 9.17) is 16.4 Å². The van der Waals surface area contributed by atoms with Gasteiger partial charge in [0.2, 0.25) is 0 Å². The highest BCUT2D eigenvalue weighted by Gasteiger charge is 2.06. The second kappa shape index (κ2) is 8.24. The number of carbonyl (C=O) groups is 1. The van der Waals surface area contributed by atoms with Gasteiger partial charge in [-0.25, -0.2) is 10.3 Å². The third-order valence-corrected chi connectivity index (χ3v) is 3.27. The Morgan fingerprint density at radius 3 is 1.92 bits per heavy atom. The monoisotopic (exact) mass is 319 g/mol. The van der Waals surface area contributed by atoms with Gasteiger partial charge >= 0.3 is 5.97 Å². The van der Waals surface area contributed by atoms with Gasteiger partial charge in [0, 0.05) is 5.69 Å². The molecule has 3 aromatic rings. The van der Waals surface area contributed by atoms with Crippen molar-refractivity contribution in [3.8, 4) is 11.1 Å². The maximum absolute atomic E-state index is 10.4. The number of aromatic carboxylic acids is 1. The lowest BCUT2D eigenvalue weighted by molar-refractivity contribution is 0.0697. The summed E-state index contributed by atoms with van der Waals surface area (Å²) >= 11 is 0. The molecule has 0 aliphatic heterocycles. The lowest BCUT2D eigenvalue weighted by atomic mass is 10.1. The number of hydrogen-bond acceptors (Lipinski definition) is 4. The van der Waals surface area contributed by atoms with E-state index in [1.54, 1.807) is 12.1 Å². The summed E-state index contributed by atoms with van der Waals surface area (Å²) in [6, 6.07) is 24.3. The quantitative estimate of drug-likeness (QED) is 0.468. The zero-order valence-electron chi connectivity index (χ0n) is 12.9. The van der Waals surface area contributed by atoms with Crippen LogP contribution in [0.4, 0.5) is 11.4 Å². The number of rotatable bonds is 3. The van der Waals surface area contributed by atoms with Crippen LogP contribution in [0.5, 0.6) is 0 Å². The third-order valence-electron chi connectivity index (χ3n) is 3.27. The molecule has 3 aromatic carbocycles. The van der Waals surface area contributed by atoms with Crippen LogP contribution in [0.2, 0.25) is 0 Å². The van der Waals surface area contributed by atoms with Crippen LogP contribution in [0.3, 0.4) is 0 Å². The normalized spacial score (nSPS) is 9.50. The Bertz CT molecular complexity index is 816. The van der Waals surface area contributed by atoms with Gasteiger partial charge in [-0.3, -0.25) is 0 Å². The molecule has 0 spiro atoms. The van der Waals surface area contributed by atoms with E-state index >= 15 is 0 Å². The zero-order valence-corrected chi connectivity index (χ0v) is 12.9. The van der Waals surface area contributed by atoms with Crippen LogP contribution in [0.1, 0.15) is 10.4 Å². The molecule has 0 bridgehead atoms. The fraction of sp³-hybridized carbons (Fsp3) is 0. The highest BCUT2D eigenvalue weighted by Crippen LogP contribution is 2.19. The van der Waals surface area contributed by atoms with Crippen LogP contribution in [0.25, 0.3) is 11.1 Å². The summed E-state index contributed by atoms with van der Waals surface area (Å²) in [4.78, 5) is 10.4. The summed E-state index contributed by atoms with van der Waals surface area (Å²) < 4.78 is 0. The first-order chi connectivity index (χ1) is 11.6. The summed E-state index contributed by atoms with van der Waals surface area (Å²) in [5.41, 5.74) is 15.7. The smallest absolute Gasteiger partial charge is 0.337 e. The molecule has 120 valence electrons. The molecule has 0 fully saturated rings. The van der Waals surface area contributed by atoms with E-state index in [0.717, 1.165) is 5.69 Å². The number of nitrogens with two attached hydrogens (primary N) is 1. The molecule has 0 aromatic heterocycles. The predicted octanol–water partition coefficient (Wildman–Crippen LogP) is 4.98. The van der Waals surface area contributed by atoms with Gasteiger partial charge in [-0.2, -0.15) is 5.11 Å². The number of carboxylic acid groups (broad SMARTS) is 1. The van der Waals surface area contributed by atoms with Gasteiger partial charge in [0.05, 0.1) is 11.3 Å². The van der Waals surface area contributed by atoms with E-state index < -0.39 is 5.97 Å². The van der Waals surface area contributed by atoms with Crippen LogP contribution < -0.4 is 5.73 Å². The van der Waals surface area contributed by atoms with Crippen molar-refractivity contribution >= 4 is 17.3 Å². The largest absolute Gasteiger partial charge is 0.478 e. The van der Waals surface area contributed by atoms with Gasteiger partial charge in [-0.1, -0.05) is 54.6 Å². The van der Waals surface area contributed by atoms with Gasteiger partial charge < -0.3 is 10.8 Å². The van der Waals surface area contributed by atoms with E-state index in [9.17, 15) is 4.79 Å². The zero-order chi connectivity index (χ0) is 17.4. The molecular formula is C19H17N3O2. The molecule has 0 saturated carbocycles. The second-order valence-electron chi connectivity index (χ2n) is 4.92.